The molecule has 2 rings (SSSR count). The van der Waals surface area contributed by atoms with Crippen LogP contribution in [0.3, 0.4) is 0 Å². The lowest BCUT2D eigenvalue weighted by Crippen LogP contribution is -2.06. The lowest BCUT2D eigenvalue weighted by Gasteiger charge is -2.08. The van der Waals surface area contributed by atoms with Crippen LogP contribution in [0.4, 0.5) is 5.95 Å². The molecule has 6 nitrogen and oxygen atoms in total. The topological polar surface area (TPSA) is 69.2 Å². The van der Waals surface area contributed by atoms with Crippen LogP contribution in [0.2, 0.25) is 0 Å². The minimum absolute atomic E-state index is 0.210. The van der Waals surface area contributed by atoms with Crippen LogP contribution in [0.1, 0.15) is 5.56 Å². The van der Waals surface area contributed by atoms with Crippen molar-refractivity contribution in [3.63, 3.8) is 0 Å². The molecule has 0 aliphatic heterocycles. The van der Waals surface area contributed by atoms with Gasteiger partial charge < -0.3 is 14.8 Å². The molecule has 0 amide bonds. The molecule has 0 bridgehead atoms. The fourth-order valence-corrected chi connectivity index (χ4v) is 1.76. The maximum absolute atomic E-state index is 5.55. The van der Waals surface area contributed by atoms with Gasteiger partial charge in [-0.2, -0.15) is 9.97 Å². The number of nitrogens with zero attached hydrogens (tertiary/aromatic N) is 3. The van der Waals surface area contributed by atoms with E-state index in [-0.39, 0.29) is 12.0 Å². The number of rotatable bonds is 5. The monoisotopic (exact) mass is 324 g/mol. The van der Waals surface area contributed by atoms with Crippen LogP contribution in [-0.4, -0.2) is 29.1 Å². The summed E-state index contributed by atoms with van der Waals surface area (Å²) in [6.45, 7) is 0.359. The predicted molar refractivity (Wildman–Crippen MR) is 74.4 cm³/mol. The van der Waals surface area contributed by atoms with Crippen molar-refractivity contribution in [2.24, 2.45) is 0 Å². The average molecular weight is 325 g/mol. The Kier molecular flexibility index (Phi) is 4.51. The zero-order valence-corrected chi connectivity index (χ0v) is 12.1. The lowest BCUT2D eigenvalue weighted by molar-refractivity contribution is 0.270. The number of methoxy groups -OCH3 is 1. The van der Waals surface area contributed by atoms with Gasteiger partial charge >= 0.3 is 12.0 Å². The number of hydrogen-bond acceptors (Lipinski definition) is 6. The molecule has 1 heterocycles. The second kappa shape index (κ2) is 6.33. The van der Waals surface area contributed by atoms with Gasteiger partial charge in [-0.25, -0.2) is 0 Å². The van der Waals surface area contributed by atoms with E-state index in [1.807, 2.05) is 24.3 Å². The highest BCUT2D eigenvalue weighted by Gasteiger charge is 2.07. The summed E-state index contributed by atoms with van der Waals surface area (Å²) in [7, 11) is 3.21. The number of anilines is 1. The standard InChI is InChI=1S/C12H13BrN4O2/c1-14-10-15-11(18-2)17-12(16-10)19-7-8-5-3-4-6-9(8)13/h3-6H,7H2,1-2H3,(H,14,15,16,17). The van der Waals surface area contributed by atoms with Gasteiger partial charge in [-0.1, -0.05) is 34.1 Å². The Morgan fingerprint density at radius 3 is 2.58 bits per heavy atom. The van der Waals surface area contributed by atoms with Crippen LogP contribution >= 0.6 is 15.9 Å². The molecule has 0 aliphatic carbocycles. The summed E-state index contributed by atoms with van der Waals surface area (Å²) < 4.78 is 11.5. The second-order valence-corrected chi connectivity index (χ2v) is 4.41. The molecule has 7 heteroatoms. The molecule has 1 aromatic heterocycles. The number of nitrogens with one attached hydrogen (secondary N) is 1. The summed E-state index contributed by atoms with van der Waals surface area (Å²) in [6.07, 6.45) is 0. The van der Waals surface area contributed by atoms with E-state index in [0.29, 0.717) is 12.6 Å². The molecular weight excluding hydrogens is 312 g/mol. The van der Waals surface area contributed by atoms with Crippen LogP contribution in [-0.2, 0) is 6.61 Å². The first kappa shape index (κ1) is 13.5. The smallest absolute Gasteiger partial charge is 0.324 e. The zero-order valence-electron chi connectivity index (χ0n) is 10.6. The van der Waals surface area contributed by atoms with Crippen LogP contribution in [0.5, 0.6) is 12.0 Å². The summed E-state index contributed by atoms with van der Waals surface area (Å²) in [4.78, 5) is 12.1. The third kappa shape index (κ3) is 3.54. The molecule has 1 aromatic carbocycles. The number of hydrogen-bond donors (Lipinski definition) is 1. The fraction of sp³-hybridized carbons (Fsp3) is 0.250. The van der Waals surface area contributed by atoms with Crippen LogP contribution < -0.4 is 14.8 Å². The van der Waals surface area contributed by atoms with Crippen molar-refractivity contribution < 1.29 is 9.47 Å². The molecule has 1 N–H and O–H groups in total. The van der Waals surface area contributed by atoms with E-state index in [0.717, 1.165) is 10.0 Å². The summed E-state index contributed by atoms with van der Waals surface area (Å²) in [5.41, 5.74) is 1.01. The molecule has 0 radical (unpaired) electrons. The van der Waals surface area contributed by atoms with Crippen molar-refractivity contribution in [3.05, 3.63) is 34.3 Å². The molecule has 19 heavy (non-hydrogen) atoms. The molecule has 0 saturated heterocycles. The van der Waals surface area contributed by atoms with E-state index < -0.39 is 0 Å². The van der Waals surface area contributed by atoms with Crippen LogP contribution in [0.25, 0.3) is 0 Å². The largest absolute Gasteiger partial charge is 0.467 e. The van der Waals surface area contributed by atoms with Crippen molar-refractivity contribution in [1.29, 1.82) is 0 Å². The van der Waals surface area contributed by atoms with Crippen LogP contribution in [0.15, 0.2) is 28.7 Å². The van der Waals surface area contributed by atoms with Crippen molar-refractivity contribution in [1.82, 2.24) is 15.0 Å². The quantitative estimate of drug-likeness (QED) is 0.909. The van der Waals surface area contributed by atoms with Gasteiger partial charge in [-0.15, -0.1) is 4.98 Å². The van der Waals surface area contributed by atoms with Gasteiger partial charge in [0.25, 0.3) is 0 Å². The minimum atomic E-state index is 0.210. The van der Waals surface area contributed by atoms with E-state index >= 15 is 0 Å². The summed E-state index contributed by atoms with van der Waals surface area (Å²) >= 11 is 3.46. The number of halogens is 1. The van der Waals surface area contributed by atoms with Gasteiger partial charge in [-0.05, 0) is 6.07 Å². The molecule has 0 spiro atoms. The van der Waals surface area contributed by atoms with Gasteiger partial charge in [0.1, 0.15) is 6.61 Å². The summed E-state index contributed by atoms with van der Waals surface area (Å²) in [6, 6.07) is 8.22. The van der Waals surface area contributed by atoms with Gasteiger partial charge in [0.05, 0.1) is 7.11 Å². The first-order valence-electron chi connectivity index (χ1n) is 5.57. The molecule has 0 unspecified atom stereocenters. The highest BCUT2D eigenvalue weighted by Crippen LogP contribution is 2.18. The second-order valence-electron chi connectivity index (χ2n) is 3.56. The van der Waals surface area contributed by atoms with E-state index in [9.17, 15) is 0 Å². The first-order valence-corrected chi connectivity index (χ1v) is 6.36. The normalized spacial score (nSPS) is 10.1. The van der Waals surface area contributed by atoms with E-state index in [1.54, 1.807) is 7.05 Å². The Morgan fingerprint density at radius 2 is 1.89 bits per heavy atom. The number of benzene rings is 1. The third-order valence-corrected chi connectivity index (χ3v) is 3.09. The maximum atomic E-state index is 5.55. The Hall–Kier alpha value is -1.89. The Bertz CT molecular complexity index is 543. The van der Waals surface area contributed by atoms with Crippen LogP contribution in [0, 0.1) is 0 Å². The number of ether oxygens (including phenoxy) is 2. The Balaban J connectivity index is 2.13. The molecule has 0 aliphatic rings. The fourth-order valence-electron chi connectivity index (χ4n) is 1.36. The van der Waals surface area contributed by atoms with Gasteiger partial charge in [0.2, 0.25) is 5.95 Å². The Labute approximate surface area is 119 Å². The SMILES string of the molecule is CNc1nc(OC)nc(OCc2ccccc2Br)n1. The first-order chi connectivity index (χ1) is 9.22. The van der Waals surface area contributed by atoms with Crippen molar-refractivity contribution in [3.8, 4) is 12.0 Å². The van der Waals surface area contributed by atoms with Gasteiger partial charge in [0.15, 0.2) is 0 Å². The van der Waals surface area contributed by atoms with E-state index in [2.05, 4.69) is 36.2 Å². The molecule has 0 fully saturated rings. The van der Waals surface area contributed by atoms with E-state index in [4.69, 9.17) is 9.47 Å². The van der Waals surface area contributed by atoms with Gasteiger partial charge in [0, 0.05) is 17.1 Å². The van der Waals surface area contributed by atoms with Crippen molar-refractivity contribution in [2.75, 3.05) is 19.5 Å². The van der Waals surface area contributed by atoms with E-state index in [1.165, 1.54) is 7.11 Å². The molecule has 100 valence electrons. The zero-order chi connectivity index (χ0) is 13.7. The average Bonchev–Trinajstić information content (AvgIpc) is 2.46. The van der Waals surface area contributed by atoms with Crippen molar-refractivity contribution >= 4 is 21.9 Å². The Morgan fingerprint density at radius 1 is 1.16 bits per heavy atom. The maximum Gasteiger partial charge on any atom is 0.324 e. The molecule has 0 atom stereocenters. The molecule has 2 aromatic rings. The summed E-state index contributed by atoms with van der Waals surface area (Å²) in [5, 5.41) is 2.82. The van der Waals surface area contributed by atoms with Crippen molar-refractivity contribution in [2.45, 2.75) is 6.61 Å². The minimum Gasteiger partial charge on any atom is -0.467 e. The lowest BCUT2D eigenvalue weighted by atomic mass is 10.2. The third-order valence-electron chi connectivity index (χ3n) is 2.32. The van der Waals surface area contributed by atoms with Gasteiger partial charge in [-0.3, -0.25) is 0 Å². The predicted octanol–water partition coefficient (Wildman–Crippen LogP) is 2.26. The molecule has 0 saturated carbocycles. The highest BCUT2D eigenvalue weighted by atomic mass is 79.9. The number of aromatic nitrogens is 3. The summed E-state index contributed by atoms with van der Waals surface area (Å²) in [5.74, 6) is 0.397. The molecular formula is C12H13BrN4O2. The highest BCUT2D eigenvalue weighted by molar-refractivity contribution is 9.10.